The Labute approximate surface area is 128 Å². The van der Waals surface area contributed by atoms with Crippen molar-refractivity contribution in [3.05, 3.63) is 34.4 Å². The molecule has 3 rings (SSSR count). The first-order chi connectivity index (χ1) is 10.7. The highest BCUT2D eigenvalue weighted by Gasteiger charge is 2.39. The summed E-state index contributed by atoms with van der Waals surface area (Å²) < 4.78 is 24.0. The number of para-hydroxylation sites is 2. The fourth-order valence-electron chi connectivity index (χ4n) is 3.00. The van der Waals surface area contributed by atoms with Crippen molar-refractivity contribution >= 4 is 5.69 Å². The fraction of sp³-hybridized carbons (Fsp3) is 0.600. The lowest BCUT2D eigenvalue weighted by molar-refractivity contribution is -0.385. The number of nitrogens with zero attached hydrogens (tertiary/aromatic N) is 2. The first-order valence-corrected chi connectivity index (χ1v) is 7.43. The van der Waals surface area contributed by atoms with Gasteiger partial charge < -0.3 is 9.47 Å². The van der Waals surface area contributed by atoms with Crippen molar-refractivity contribution in [1.29, 1.82) is 0 Å². The number of benzene rings is 1. The number of hydrogen-bond acceptors (Lipinski definition) is 5. The molecule has 0 bridgehead atoms. The number of alkyl halides is 1. The number of likely N-dealkylation sites (tertiary alicyclic amines) is 1. The number of nitro groups is 1. The van der Waals surface area contributed by atoms with E-state index < -0.39 is 11.6 Å². The van der Waals surface area contributed by atoms with E-state index in [1.807, 2.05) is 0 Å². The molecule has 22 heavy (non-hydrogen) atoms. The predicted octanol–water partition coefficient (Wildman–Crippen LogP) is 1.89. The first-order valence-electron chi connectivity index (χ1n) is 7.43. The number of halogens is 1. The SMILES string of the molecule is O=[N+]([O-])c1ccccc1OC[C@@H]1CN(C2COC2)C[C@H]1CF. The van der Waals surface area contributed by atoms with Crippen LogP contribution in [0.2, 0.25) is 0 Å². The Morgan fingerprint density at radius 3 is 2.68 bits per heavy atom. The Kier molecular flexibility index (Phi) is 4.54. The number of rotatable bonds is 6. The van der Waals surface area contributed by atoms with Gasteiger partial charge in [0.2, 0.25) is 0 Å². The molecule has 2 saturated heterocycles. The zero-order valence-electron chi connectivity index (χ0n) is 12.2. The second-order valence-corrected chi connectivity index (χ2v) is 5.86. The van der Waals surface area contributed by atoms with Gasteiger partial charge >= 0.3 is 5.69 Å². The quantitative estimate of drug-likeness (QED) is 0.593. The van der Waals surface area contributed by atoms with E-state index in [1.165, 1.54) is 6.07 Å². The third-order valence-electron chi connectivity index (χ3n) is 4.45. The van der Waals surface area contributed by atoms with Crippen molar-refractivity contribution in [3.8, 4) is 5.75 Å². The van der Waals surface area contributed by atoms with E-state index >= 15 is 0 Å². The summed E-state index contributed by atoms with van der Waals surface area (Å²) in [5.74, 6) is 0.212. The van der Waals surface area contributed by atoms with Gasteiger partial charge in [-0.15, -0.1) is 0 Å². The zero-order chi connectivity index (χ0) is 15.5. The minimum absolute atomic E-state index is 0.0467. The fourth-order valence-corrected chi connectivity index (χ4v) is 3.00. The molecule has 0 aliphatic carbocycles. The molecule has 7 heteroatoms. The Morgan fingerprint density at radius 2 is 2.05 bits per heavy atom. The van der Waals surface area contributed by atoms with Crippen LogP contribution in [0.3, 0.4) is 0 Å². The highest BCUT2D eigenvalue weighted by Crippen LogP contribution is 2.31. The normalized spacial score (nSPS) is 25.9. The van der Waals surface area contributed by atoms with Crippen LogP contribution < -0.4 is 4.74 Å². The van der Waals surface area contributed by atoms with Crippen LogP contribution in [-0.2, 0) is 4.74 Å². The molecule has 0 N–H and O–H groups in total. The molecule has 0 aromatic heterocycles. The number of ether oxygens (including phenoxy) is 2. The highest BCUT2D eigenvalue weighted by atomic mass is 19.1. The molecular weight excluding hydrogens is 291 g/mol. The maximum Gasteiger partial charge on any atom is 0.310 e. The van der Waals surface area contributed by atoms with E-state index in [-0.39, 0.29) is 23.3 Å². The van der Waals surface area contributed by atoms with Crippen molar-refractivity contribution in [2.75, 3.05) is 39.6 Å². The van der Waals surface area contributed by atoms with Crippen LogP contribution in [0.1, 0.15) is 0 Å². The second kappa shape index (κ2) is 6.58. The molecule has 120 valence electrons. The van der Waals surface area contributed by atoms with E-state index in [9.17, 15) is 14.5 Å². The van der Waals surface area contributed by atoms with Gasteiger partial charge in [-0.1, -0.05) is 12.1 Å². The number of hydrogen-bond donors (Lipinski definition) is 0. The lowest BCUT2D eigenvalue weighted by Crippen LogP contribution is -2.48. The first kappa shape index (κ1) is 15.2. The molecule has 0 saturated carbocycles. The minimum Gasteiger partial charge on any atom is -0.486 e. The van der Waals surface area contributed by atoms with Gasteiger partial charge in [-0.3, -0.25) is 19.4 Å². The average molecular weight is 310 g/mol. The van der Waals surface area contributed by atoms with Gasteiger partial charge in [0.25, 0.3) is 0 Å². The summed E-state index contributed by atoms with van der Waals surface area (Å²) in [7, 11) is 0. The lowest BCUT2D eigenvalue weighted by atomic mass is 9.98. The molecule has 2 aliphatic heterocycles. The lowest BCUT2D eigenvalue weighted by Gasteiger charge is -2.34. The molecule has 2 atom stereocenters. The molecule has 1 aromatic rings. The molecule has 1 aromatic carbocycles. The summed E-state index contributed by atoms with van der Waals surface area (Å²) in [6.45, 7) is 2.77. The predicted molar refractivity (Wildman–Crippen MR) is 77.7 cm³/mol. The molecule has 2 fully saturated rings. The molecule has 0 spiro atoms. The highest BCUT2D eigenvalue weighted by molar-refractivity contribution is 5.45. The summed E-state index contributed by atoms with van der Waals surface area (Å²) >= 11 is 0. The van der Waals surface area contributed by atoms with Gasteiger partial charge in [-0.25, -0.2) is 0 Å². The van der Waals surface area contributed by atoms with Crippen molar-refractivity contribution in [3.63, 3.8) is 0 Å². The monoisotopic (exact) mass is 310 g/mol. The standard InChI is InChI=1S/C15H19FN2O4/c16-5-11-6-17(13-9-21-10-13)7-12(11)8-22-15-4-2-1-3-14(15)18(19)20/h1-4,11-13H,5-10H2/t11-,12+/m1/s1. The largest absolute Gasteiger partial charge is 0.486 e. The van der Waals surface area contributed by atoms with E-state index in [2.05, 4.69) is 4.90 Å². The molecule has 0 amide bonds. The smallest absolute Gasteiger partial charge is 0.310 e. The van der Waals surface area contributed by atoms with Crippen molar-refractivity contribution in [2.24, 2.45) is 11.8 Å². The molecular formula is C15H19FN2O4. The second-order valence-electron chi connectivity index (χ2n) is 5.86. The molecule has 2 aliphatic rings. The Bertz CT molecular complexity index is 538. The van der Waals surface area contributed by atoms with Gasteiger partial charge in [0.05, 0.1) is 37.5 Å². The molecule has 0 radical (unpaired) electrons. The van der Waals surface area contributed by atoms with Crippen molar-refractivity contribution < 1.29 is 18.8 Å². The van der Waals surface area contributed by atoms with Gasteiger partial charge in [-0.05, 0) is 6.07 Å². The van der Waals surface area contributed by atoms with Crippen LogP contribution in [0.25, 0.3) is 0 Å². The van der Waals surface area contributed by atoms with Crippen molar-refractivity contribution in [1.82, 2.24) is 4.90 Å². The van der Waals surface area contributed by atoms with E-state index in [4.69, 9.17) is 9.47 Å². The third-order valence-corrected chi connectivity index (χ3v) is 4.45. The molecule has 6 nitrogen and oxygen atoms in total. The van der Waals surface area contributed by atoms with Crippen molar-refractivity contribution in [2.45, 2.75) is 6.04 Å². The Morgan fingerprint density at radius 1 is 1.32 bits per heavy atom. The third kappa shape index (κ3) is 3.05. The summed E-state index contributed by atoms with van der Waals surface area (Å²) in [6, 6.07) is 6.67. The van der Waals surface area contributed by atoms with Crippen LogP contribution in [0.15, 0.2) is 24.3 Å². The Hall–Kier alpha value is -1.73. The minimum atomic E-state index is -0.464. The molecule has 0 unspecified atom stereocenters. The zero-order valence-corrected chi connectivity index (χ0v) is 12.2. The topological polar surface area (TPSA) is 64.8 Å². The van der Waals surface area contributed by atoms with E-state index in [0.29, 0.717) is 32.4 Å². The number of nitro benzene ring substituents is 1. The average Bonchev–Trinajstić information content (AvgIpc) is 2.86. The van der Waals surface area contributed by atoms with E-state index in [1.54, 1.807) is 18.2 Å². The van der Waals surface area contributed by atoms with Gasteiger partial charge in [0.1, 0.15) is 0 Å². The van der Waals surface area contributed by atoms with Crippen LogP contribution in [0.4, 0.5) is 10.1 Å². The van der Waals surface area contributed by atoms with Crippen LogP contribution in [0.5, 0.6) is 5.75 Å². The van der Waals surface area contributed by atoms with Gasteiger partial charge in [-0.2, -0.15) is 0 Å². The van der Waals surface area contributed by atoms with Crippen LogP contribution >= 0.6 is 0 Å². The van der Waals surface area contributed by atoms with E-state index in [0.717, 1.165) is 6.54 Å². The van der Waals surface area contributed by atoms with Crippen LogP contribution in [-0.4, -0.2) is 55.4 Å². The summed E-state index contributed by atoms with van der Waals surface area (Å²) in [5.41, 5.74) is -0.0541. The molecule has 2 heterocycles. The van der Waals surface area contributed by atoms with Gasteiger partial charge in [0.15, 0.2) is 5.75 Å². The Balaban J connectivity index is 1.61. The summed E-state index contributed by atoms with van der Waals surface area (Å²) in [5, 5.41) is 11.0. The van der Waals surface area contributed by atoms with Gasteiger partial charge in [0, 0.05) is 31.0 Å². The summed E-state index contributed by atoms with van der Waals surface area (Å²) in [4.78, 5) is 12.7. The summed E-state index contributed by atoms with van der Waals surface area (Å²) in [6.07, 6.45) is 0. The van der Waals surface area contributed by atoms with Crippen LogP contribution in [0, 0.1) is 22.0 Å². The maximum atomic E-state index is 13.2. The maximum absolute atomic E-state index is 13.2.